The number of para-hydroxylation sites is 1. The van der Waals surface area contributed by atoms with Crippen molar-refractivity contribution < 1.29 is 5.11 Å². The summed E-state index contributed by atoms with van der Waals surface area (Å²) in [7, 11) is 0. The first-order valence-electron chi connectivity index (χ1n) is 12.9. The van der Waals surface area contributed by atoms with Crippen LogP contribution in [0, 0.1) is 11.3 Å². The molecule has 0 aliphatic heterocycles. The lowest BCUT2D eigenvalue weighted by Gasteiger charge is -2.27. The van der Waals surface area contributed by atoms with Crippen LogP contribution in [-0.2, 0) is 6.42 Å². The van der Waals surface area contributed by atoms with Gasteiger partial charge in [-0.05, 0) is 74.1 Å². The standard InChI is InChI=1S/C30H28N6O/c1-2-26-29-25(21-15-19-5-3-4-6-27(19)33-18-21)13-14-32-30(29)36(35-26)23-10-7-20(17-31)28(16-23)34-22-8-11-24(37)12-9-22/h3-7,10,13-16,18,22,24,34,37H,2,8-9,11-12H2,1H3/t22-,24-. The van der Waals surface area contributed by atoms with Crippen molar-refractivity contribution in [3.63, 3.8) is 0 Å². The van der Waals surface area contributed by atoms with Crippen molar-refractivity contribution >= 4 is 27.6 Å². The summed E-state index contributed by atoms with van der Waals surface area (Å²) in [5.74, 6) is 0. The summed E-state index contributed by atoms with van der Waals surface area (Å²) < 4.78 is 1.88. The fourth-order valence-corrected chi connectivity index (χ4v) is 5.32. The van der Waals surface area contributed by atoms with Gasteiger partial charge in [0.2, 0.25) is 0 Å². The second kappa shape index (κ2) is 9.64. The van der Waals surface area contributed by atoms with Gasteiger partial charge in [-0.3, -0.25) is 4.98 Å². The van der Waals surface area contributed by atoms with Gasteiger partial charge in [0.15, 0.2) is 5.65 Å². The van der Waals surface area contributed by atoms with Crippen molar-refractivity contribution in [2.24, 2.45) is 0 Å². The highest BCUT2D eigenvalue weighted by Gasteiger charge is 2.21. The molecule has 0 amide bonds. The number of nitrogens with one attached hydrogen (secondary N) is 1. The second-order valence-electron chi connectivity index (χ2n) is 9.68. The summed E-state index contributed by atoms with van der Waals surface area (Å²) in [6, 6.07) is 20.6. The number of fused-ring (bicyclic) bond motifs is 2. The third-order valence-electron chi connectivity index (χ3n) is 7.30. The van der Waals surface area contributed by atoms with Gasteiger partial charge >= 0.3 is 0 Å². The zero-order chi connectivity index (χ0) is 25.4. The number of anilines is 1. The molecule has 2 aromatic carbocycles. The zero-order valence-corrected chi connectivity index (χ0v) is 20.7. The van der Waals surface area contributed by atoms with Gasteiger partial charge in [0.05, 0.1) is 39.6 Å². The van der Waals surface area contributed by atoms with E-state index in [2.05, 4.69) is 35.4 Å². The molecule has 7 heteroatoms. The third kappa shape index (κ3) is 4.30. The van der Waals surface area contributed by atoms with Crippen LogP contribution < -0.4 is 5.32 Å². The van der Waals surface area contributed by atoms with Crippen molar-refractivity contribution in [3.05, 3.63) is 78.2 Å². The van der Waals surface area contributed by atoms with Gasteiger partial charge in [0, 0.05) is 29.4 Å². The van der Waals surface area contributed by atoms with Gasteiger partial charge in [0.25, 0.3) is 0 Å². The lowest BCUT2D eigenvalue weighted by Crippen LogP contribution is -2.28. The Labute approximate surface area is 215 Å². The molecule has 37 heavy (non-hydrogen) atoms. The second-order valence-corrected chi connectivity index (χ2v) is 9.68. The maximum absolute atomic E-state index is 9.87. The van der Waals surface area contributed by atoms with Crippen LogP contribution in [0.5, 0.6) is 0 Å². The van der Waals surface area contributed by atoms with E-state index in [-0.39, 0.29) is 12.1 Å². The highest BCUT2D eigenvalue weighted by atomic mass is 16.3. The van der Waals surface area contributed by atoms with Crippen LogP contribution >= 0.6 is 0 Å². The van der Waals surface area contributed by atoms with Gasteiger partial charge < -0.3 is 10.4 Å². The predicted octanol–water partition coefficient (Wildman–Crippen LogP) is 5.79. The average Bonchev–Trinajstić information content (AvgIpc) is 3.33. The SMILES string of the molecule is CCc1nn(-c2ccc(C#N)c(N[C@H]3CC[C@H](O)CC3)c2)c2nccc(-c3cnc4ccccc4c3)c12. The maximum Gasteiger partial charge on any atom is 0.163 e. The predicted molar refractivity (Wildman–Crippen MR) is 146 cm³/mol. The van der Waals surface area contributed by atoms with Crippen LogP contribution in [0.25, 0.3) is 38.8 Å². The molecule has 1 saturated carbocycles. The maximum atomic E-state index is 9.87. The topological polar surface area (TPSA) is 99.7 Å². The van der Waals surface area contributed by atoms with Crippen LogP contribution in [0.4, 0.5) is 5.69 Å². The molecule has 1 fully saturated rings. The number of aryl methyl sites for hydroxylation is 1. The number of benzene rings is 2. The molecule has 3 aromatic heterocycles. The Kier molecular flexibility index (Phi) is 6.03. The average molecular weight is 489 g/mol. The van der Waals surface area contributed by atoms with Gasteiger partial charge in [-0.25, -0.2) is 9.67 Å². The molecule has 3 heterocycles. The summed E-state index contributed by atoms with van der Waals surface area (Å²) in [6.07, 6.45) is 7.59. The molecule has 184 valence electrons. The first kappa shape index (κ1) is 23.1. The van der Waals surface area contributed by atoms with Crippen LogP contribution in [0.1, 0.15) is 43.9 Å². The lowest BCUT2D eigenvalue weighted by molar-refractivity contribution is 0.126. The smallest absolute Gasteiger partial charge is 0.163 e. The van der Waals surface area contributed by atoms with E-state index in [1.807, 2.05) is 59.5 Å². The van der Waals surface area contributed by atoms with E-state index >= 15 is 0 Å². The summed E-state index contributed by atoms with van der Waals surface area (Å²) in [6.45, 7) is 2.10. The first-order valence-corrected chi connectivity index (χ1v) is 12.9. The molecular weight excluding hydrogens is 460 g/mol. The molecule has 6 rings (SSSR count). The van der Waals surface area contributed by atoms with E-state index in [0.717, 1.165) is 82.2 Å². The monoisotopic (exact) mass is 488 g/mol. The largest absolute Gasteiger partial charge is 0.393 e. The van der Waals surface area contributed by atoms with Crippen molar-refractivity contribution in [1.82, 2.24) is 19.7 Å². The summed E-state index contributed by atoms with van der Waals surface area (Å²) in [5, 5.41) is 30.2. The van der Waals surface area contributed by atoms with Crippen molar-refractivity contribution in [3.8, 4) is 22.9 Å². The van der Waals surface area contributed by atoms with E-state index in [9.17, 15) is 10.4 Å². The molecule has 0 saturated heterocycles. The minimum absolute atomic E-state index is 0.221. The van der Waals surface area contributed by atoms with E-state index in [4.69, 9.17) is 10.1 Å². The quantitative estimate of drug-likeness (QED) is 0.325. The van der Waals surface area contributed by atoms with E-state index < -0.39 is 0 Å². The Balaban J connectivity index is 1.44. The van der Waals surface area contributed by atoms with E-state index in [1.54, 1.807) is 0 Å². The number of rotatable bonds is 5. The molecular formula is C30H28N6O. The fraction of sp³-hybridized carbons (Fsp3) is 0.267. The Hall–Kier alpha value is -4.28. The van der Waals surface area contributed by atoms with Crippen molar-refractivity contribution in [2.45, 2.75) is 51.2 Å². The number of aliphatic hydroxyl groups excluding tert-OH is 1. The number of pyridine rings is 2. The summed E-state index contributed by atoms with van der Waals surface area (Å²) >= 11 is 0. The molecule has 5 aromatic rings. The van der Waals surface area contributed by atoms with Crippen molar-refractivity contribution in [2.75, 3.05) is 5.32 Å². The Morgan fingerprint density at radius 2 is 1.89 bits per heavy atom. The molecule has 0 atom stereocenters. The molecule has 0 unspecified atom stereocenters. The summed E-state index contributed by atoms with van der Waals surface area (Å²) in [5.41, 5.74) is 7.03. The van der Waals surface area contributed by atoms with Gasteiger partial charge in [0.1, 0.15) is 6.07 Å². The zero-order valence-electron chi connectivity index (χ0n) is 20.7. The normalized spacial score (nSPS) is 17.6. The van der Waals surface area contributed by atoms with Gasteiger partial charge in [-0.1, -0.05) is 25.1 Å². The van der Waals surface area contributed by atoms with Crippen LogP contribution in [0.15, 0.2) is 67.0 Å². The van der Waals surface area contributed by atoms with Gasteiger partial charge in [-0.15, -0.1) is 0 Å². The third-order valence-corrected chi connectivity index (χ3v) is 7.30. The fourth-order valence-electron chi connectivity index (χ4n) is 5.32. The molecule has 0 radical (unpaired) electrons. The molecule has 1 aliphatic carbocycles. The molecule has 7 nitrogen and oxygen atoms in total. The highest BCUT2D eigenvalue weighted by Crippen LogP contribution is 2.33. The van der Waals surface area contributed by atoms with Crippen LogP contribution in [0.2, 0.25) is 0 Å². The van der Waals surface area contributed by atoms with Crippen LogP contribution in [0.3, 0.4) is 0 Å². The molecule has 0 bridgehead atoms. The minimum Gasteiger partial charge on any atom is -0.393 e. The number of aliphatic hydroxyl groups is 1. The number of nitrogens with zero attached hydrogens (tertiary/aromatic N) is 5. The van der Waals surface area contributed by atoms with Gasteiger partial charge in [-0.2, -0.15) is 10.4 Å². The molecule has 1 aliphatic rings. The minimum atomic E-state index is -0.221. The van der Waals surface area contributed by atoms with E-state index in [0.29, 0.717) is 5.56 Å². The molecule has 0 spiro atoms. The van der Waals surface area contributed by atoms with Crippen molar-refractivity contribution in [1.29, 1.82) is 5.26 Å². The number of aromatic nitrogens is 4. The van der Waals surface area contributed by atoms with E-state index in [1.165, 1.54) is 0 Å². The number of hydrogen-bond donors (Lipinski definition) is 2. The number of hydrogen-bond acceptors (Lipinski definition) is 6. The summed E-state index contributed by atoms with van der Waals surface area (Å²) in [4.78, 5) is 9.41. The molecule has 2 N–H and O–H groups in total. The lowest BCUT2D eigenvalue weighted by atomic mass is 9.93. The highest BCUT2D eigenvalue weighted by molar-refractivity contribution is 5.97. The number of nitriles is 1. The van der Waals surface area contributed by atoms with Crippen LogP contribution in [-0.4, -0.2) is 37.0 Å². The first-order chi connectivity index (χ1) is 18.1. The Bertz CT molecular complexity index is 1640. The Morgan fingerprint density at radius 1 is 1.05 bits per heavy atom. The Morgan fingerprint density at radius 3 is 2.70 bits per heavy atom.